The summed E-state index contributed by atoms with van der Waals surface area (Å²) in [5.74, 6) is -0.961. The first-order valence-corrected chi connectivity index (χ1v) is 18.2. The number of benzene rings is 2. The van der Waals surface area contributed by atoms with E-state index in [0.29, 0.717) is 12.1 Å². The Balaban J connectivity index is 0.000000157. The molecule has 268 valence electrons. The molecule has 6 aliphatic heterocycles. The zero-order valence-corrected chi connectivity index (χ0v) is 26.9. The molecule has 2 N–H and O–H groups in total. The van der Waals surface area contributed by atoms with Gasteiger partial charge in [-0.2, -0.15) is 31.6 Å². The van der Waals surface area contributed by atoms with Crippen LogP contribution in [-0.4, -0.2) is 87.3 Å². The molecule has 2 aromatic rings. The van der Waals surface area contributed by atoms with Crippen molar-refractivity contribution in [1.82, 2.24) is 0 Å². The van der Waals surface area contributed by atoms with Crippen LogP contribution in [0.5, 0.6) is 0 Å². The fraction of sp³-hybridized carbons (Fsp3) is 0.533. The molecule has 8 rings (SSSR count). The first-order valence-electron chi connectivity index (χ1n) is 15.2. The number of ether oxygens (including phenoxy) is 2. The van der Waals surface area contributed by atoms with E-state index in [9.17, 15) is 53.4 Å². The molecule has 6 aliphatic rings. The Labute approximate surface area is 281 Å². The molecular weight excluding hydrogens is 722 g/mol. The number of aliphatic hydroxyl groups is 2. The Morgan fingerprint density at radius 2 is 1.22 bits per heavy atom. The molecule has 6 saturated heterocycles. The lowest BCUT2D eigenvalue weighted by molar-refractivity contribution is -0.138. The average Bonchev–Trinajstić information content (AvgIpc) is 3.86. The van der Waals surface area contributed by atoms with Gasteiger partial charge in [0.2, 0.25) is 20.0 Å². The number of nitriles is 1. The van der Waals surface area contributed by atoms with Gasteiger partial charge in [0.25, 0.3) is 0 Å². The van der Waals surface area contributed by atoms with Gasteiger partial charge in [-0.25, -0.2) is 21.7 Å². The molecule has 2 aromatic carbocycles. The van der Waals surface area contributed by atoms with E-state index in [1.54, 1.807) is 0 Å². The second kappa shape index (κ2) is 11.4. The van der Waals surface area contributed by atoms with Crippen LogP contribution in [0.1, 0.15) is 29.5 Å². The quantitative estimate of drug-likeness (QED) is 0.347. The smallest absolute Gasteiger partial charge is 0.390 e. The molecule has 0 saturated carbocycles. The van der Waals surface area contributed by atoms with Gasteiger partial charge >= 0.3 is 12.4 Å². The lowest BCUT2D eigenvalue weighted by atomic mass is 9.87. The van der Waals surface area contributed by atoms with Crippen molar-refractivity contribution in [3.63, 3.8) is 0 Å². The molecular formula is C30H26F6N4O8S2. The van der Waals surface area contributed by atoms with Crippen LogP contribution >= 0.6 is 0 Å². The largest absolute Gasteiger partial charge is 0.417 e. The topological polar surface area (TPSA) is 162 Å². The van der Waals surface area contributed by atoms with E-state index in [0.717, 1.165) is 20.7 Å². The molecule has 6 heterocycles. The molecule has 0 aromatic heterocycles. The van der Waals surface area contributed by atoms with Crippen molar-refractivity contribution >= 4 is 37.1 Å². The number of sulfonamides is 2. The van der Waals surface area contributed by atoms with Crippen molar-refractivity contribution in [2.75, 3.05) is 21.7 Å². The molecule has 12 nitrogen and oxygen atoms in total. The predicted octanol–water partition coefficient (Wildman–Crippen LogP) is 3.17. The molecule has 6 fully saturated rings. The highest BCUT2D eigenvalue weighted by Gasteiger charge is 2.65. The van der Waals surface area contributed by atoms with Crippen LogP contribution in [0.2, 0.25) is 0 Å². The number of fused-ring (bicyclic) bond motifs is 10. The summed E-state index contributed by atoms with van der Waals surface area (Å²) < 4.78 is 143. The maximum Gasteiger partial charge on any atom is 0.417 e. The van der Waals surface area contributed by atoms with E-state index in [1.165, 1.54) is 18.2 Å². The van der Waals surface area contributed by atoms with Crippen LogP contribution in [0.4, 0.5) is 43.4 Å². The highest BCUT2D eigenvalue weighted by atomic mass is 32.2. The number of anilines is 2. The Hall–Kier alpha value is -3.66. The van der Waals surface area contributed by atoms with Gasteiger partial charge in [-0.05, 0) is 30.3 Å². The minimum Gasteiger partial charge on any atom is -0.390 e. The van der Waals surface area contributed by atoms with Gasteiger partial charge in [-0.1, -0.05) is 6.07 Å². The first kappa shape index (κ1) is 34.8. The Morgan fingerprint density at radius 3 is 1.64 bits per heavy atom. The summed E-state index contributed by atoms with van der Waals surface area (Å²) in [5, 5.41) is 26.9. The van der Waals surface area contributed by atoms with Gasteiger partial charge in [0.05, 0.1) is 71.6 Å². The lowest BCUT2D eigenvalue weighted by Gasteiger charge is -2.22. The van der Waals surface area contributed by atoms with Crippen LogP contribution in [0, 0.1) is 29.7 Å². The molecule has 0 amide bonds. The van der Waals surface area contributed by atoms with E-state index in [4.69, 9.17) is 21.3 Å². The number of nitrogens with zero attached hydrogens (tertiary/aromatic N) is 4. The molecule has 10 atom stereocenters. The van der Waals surface area contributed by atoms with Crippen LogP contribution in [0.25, 0.3) is 4.85 Å². The number of hydrogen-bond acceptors (Lipinski definition) is 9. The van der Waals surface area contributed by atoms with Gasteiger partial charge in [0.15, 0.2) is 5.69 Å². The molecule has 0 unspecified atom stereocenters. The van der Waals surface area contributed by atoms with Crippen molar-refractivity contribution < 1.29 is 62.9 Å². The van der Waals surface area contributed by atoms with Gasteiger partial charge in [0, 0.05) is 43.5 Å². The van der Waals surface area contributed by atoms with Gasteiger partial charge in [-0.3, -0.25) is 8.61 Å². The maximum atomic E-state index is 13.1. The first-order chi connectivity index (χ1) is 23.3. The third-order valence-corrected chi connectivity index (χ3v) is 14.9. The van der Waals surface area contributed by atoms with Gasteiger partial charge < -0.3 is 19.7 Å². The molecule has 20 heteroatoms. The Morgan fingerprint density at radius 1 is 0.780 bits per heavy atom. The molecule has 0 spiro atoms. The molecule has 50 heavy (non-hydrogen) atoms. The number of aliphatic hydroxyl groups excluding tert-OH is 2. The summed E-state index contributed by atoms with van der Waals surface area (Å²) in [6.45, 7) is 6.77. The lowest BCUT2D eigenvalue weighted by Crippen LogP contribution is -2.40. The molecule has 4 bridgehead atoms. The standard InChI is InChI=1S/2C15H13F3N2O4S/c1-19-10-3-2-7(4-9(10)15(16,17)18)20-6-8-13-11(21)5-12(24-13)14(8)25(20,22)23;16-15(17,18)10-3-8(2-1-7(10)5-19)20-6-9-13-11(21)4-12(24-13)14(9)25(20,22)23/h2-4,8,11-14,21H,5-6H2;1-3,9,11-14,21H,4,6H2/t8-,11-,12-,13-,14-;9-,11+,12+,13+,14-/m11/s1. The van der Waals surface area contributed by atoms with E-state index in [-0.39, 0.29) is 37.3 Å². The highest BCUT2D eigenvalue weighted by molar-refractivity contribution is 7.94. The van der Waals surface area contributed by atoms with Crippen molar-refractivity contribution in [3.05, 3.63) is 64.5 Å². The van der Waals surface area contributed by atoms with E-state index >= 15 is 0 Å². The third-order valence-electron chi connectivity index (χ3n) is 10.3. The second-order valence-corrected chi connectivity index (χ2v) is 17.0. The highest BCUT2D eigenvalue weighted by Crippen LogP contribution is 2.51. The Bertz CT molecular complexity index is 1900. The van der Waals surface area contributed by atoms with Crippen molar-refractivity contribution in [3.8, 4) is 6.07 Å². The summed E-state index contributed by atoms with van der Waals surface area (Å²) in [6, 6.07) is 7.22. The Kier molecular flexibility index (Phi) is 7.94. The van der Waals surface area contributed by atoms with E-state index in [2.05, 4.69) is 4.85 Å². The second-order valence-electron chi connectivity index (χ2n) is 12.9. The van der Waals surface area contributed by atoms with Gasteiger partial charge in [-0.15, -0.1) is 0 Å². The summed E-state index contributed by atoms with van der Waals surface area (Å²) >= 11 is 0. The zero-order valence-electron chi connectivity index (χ0n) is 25.3. The zero-order chi connectivity index (χ0) is 36.3. The van der Waals surface area contributed by atoms with Crippen molar-refractivity contribution in [1.29, 1.82) is 5.26 Å². The maximum absolute atomic E-state index is 13.1. The SMILES string of the molecule is N#Cc1ccc(N2C[C@@H]3[C@@H]4O[C@@H](C[C@@H]4O)[C@@H]3S2(=O)=O)cc1C(F)(F)F.[C-]#[N+]c1ccc(N2C[C@@H]3[C@H]4O[C@H](C[C@H]4O)[C@@H]3S2(=O)=O)cc1C(F)(F)F. The summed E-state index contributed by atoms with van der Waals surface area (Å²) in [6.07, 6.45) is -13.1. The fourth-order valence-corrected chi connectivity index (χ4v) is 12.9. The fourth-order valence-electron chi connectivity index (χ4n) is 8.21. The minimum absolute atomic E-state index is 0.0418. The van der Waals surface area contributed by atoms with Crippen LogP contribution < -0.4 is 8.61 Å². The van der Waals surface area contributed by atoms with Crippen LogP contribution in [0.15, 0.2) is 36.4 Å². The van der Waals surface area contributed by atoms with Gasteiger partial charge in [0.1, 0.15) is 10.5 Å². The normalized spacial score (nSPS) is 35.6. The number of alkyl halides is 6. The van der Waals surface area contributed by atoms with Crippen molar-refractivity contribution in [2.24, 2.45) is 11.8 Å². The number of halogens is 6. The van der Waals surface area contributed by atoms with Crippen LogP contribution in [-0.2, 0) is 41.9 Å². The van der Waals surface area contributed by atoms with Crippen LogP contribution in [0.3, 0.4) is 0 Å². The van der Waals surface area contributed by atoms with E-state index < -0.39 is 114 Å². The molecule has 0 radical (unpaired) electrons. The van der Waals surface area contributed by atoms with Crippen molar-refractivity contribution in [2.45, 2.75) is 72.3 Å². The number of hydrogen-bond donors (Lipinski definition) is 2. The predicted molar refractivity (Wildman–Crippen MR) is 160 cm³/mol. The van der Waals surface area contributed by atoms with E-state index in [1.807, 2.05) is 0 Å². The number of rotatable bonds is 2. The average molecular weight is 749 g/mol. The monoisotopic (exact) mass is 748 g/mol. The summed E-state index contributed by atoms with van der Waals surface area (Å²) in [4.78, 5) is 2.85. The summed E-state index contributed by atoms with van der Waals surface area (Å²) in [5.41, 5.74) is -3.72. The molecule has 0 aliphatic carbocycles. The third kappa shape index (κ3) is 5.22. The minimum atomic E-state index is -4.77. The summed E-state index contributed by atoms with van der Waals surface area (Å²) in [7, 11) is -7.81.